The summed E-state index contributed by atoms with van der Waals surface area (Å²) in [6.45, 7) is 0. The molecule has 12 heavy (non-hydrogen) atoms. The lowest BCUT2D eigenvalue weighted by Gasteiger charge is -2.06. The molecule has 0 bridgehead atoms. The zero-order chi connectivity index (χ0) is 8.23. The second-order valence-corrected chi connectivity index (χ2v) is 3.46. The molecule has 1 heterocycles. The molecular formula is C8H14N4. The Morgan fingerprint density at radius 1 is 1.08 bits per heavy atom. The molecule has 0 aliphatic heterocycles. The first-order valence-corrected chi connectivity index (χ1v) is 4.70. The largest absolute Gasteiger partial charge is 0.177 e. The average molecular weight is 166 g/mol. The van der Waals surface area contributed by atoms with Crippen LogP contribution >= 0.6 is 0 Å². The molecule has 1 aromatic rings. The van der Waals surface area contributed by atoms with Gasteiger partial charge >= 0.3 is 0 Å². The van der Waals surface area contributed by atoms with Gasteiger partial charge in [-0.15, -0.1) is 10.2 Å². The molecule has 66 valence electrons. The monoisotopic (exact) mass is 166 g/mol. The van der Waals surface area contributed by atoms with Crippen LogP contribution in [0.1, 0.15) is 50.3 Å². The number of hydrogen-bond acceptors (Lipinski definition) is 3. The first-order chi connectivity index (χ1) is 5.97. The van der Waals surface area contributed by atoms with E-state index in [4.69, 9.17) is 0 Å². The van der Waals surface area contributed by atoms with E-state index in [1.54, 1.807) is 0 Å². The maximum Gasteiger partial charge on any atom is 0.177 e. The summed E-state index contributed by atoms with van der Waals surface area (Å²) >= 11 is 0. The number of rotatable bonds is 1. The van der Waals surface area contributed by atoms with Crippen molar-refractivity contribution in [3.63, 3.8) is 0 Å². The zero-order valence-corrected chi connectivity index (χ0v) is 7.16. The molecule has 1 fully saturated rings. The number of hydrogen-bond donors (Lipinski definition) is 1. The minimum atomic E-state index is 0.561. The van der Waals surface area contributed by atoms with E-state index >= 15 is 0 Å². The van der Waals surface area contributed by atoms with Gasteiger partial charge in [-0.1, -0.05) is 30.9 Å². The molecule has 0 aromatic carbocycles. The summed E-state index contributed by atoms with van der Waals surface area (Å²) in [5.41, 5.74) is 0. The average Bonchev–Trinajstić information content (AvgIpc) is 2.48. The maximum atomic E-state index is 4.03. The van der Waals surface area contributed by atoms with Crippen molar-refractivity contribution in [1.82, 2.24) is 20.6 Å². The Bertz CT molecular complexity index is 211. The van der Waals surface area contributed by atoms with E-state index in [0.29, 0.717) is 5.92 Å². The van der Waals surface area contributed by atoms with Crippen molar-refractivity contribution in [2.45, 2.75) is 44.4 Å². The summed E-state index contributed by atoms with van der Waals surface area (Å²) in [6.07, 6.45) is 7.85. The molecule has 0 radical (unpaired) electrons. The van der Waals surface area contributed by atoms with Crippen LogP contribution in [0.3, 0.4) is 0 Å². The Morgan fingerprint density at radius 3 is 2.42 bits per heavy atom. The highest BCUT2D eigenvalue weighted by atomic mass is 15.5. The number of tetrazole rings is 1. The third kappa shape index (κ3) is 1.62. The lowest BCUT2D eigenvalue weighted by molar-refractivity contribution is 0.561. The fraction of sp³-hybridized carbons (Fsp3) is 0.875. The van der Waals surface area contributed by atoms with Gasteiger partial charge in [0, 0.05) is 5.92 Å². The molecule has 0 atom stereocenters. The first kappa shape index (κ1) is 7.71. The molecule has 1 aromatic heterocycles. The highest BCUT2D eigenvalue weighted by Crippen LogP contribution is 2.28. The predicted molar refractivity (Wildman–Crippen MR) is 44.6 cm³/mol. The van der Waals surface area contributed by atoms with E-state index in [1.165, 1.54) is 38.5 Å². The van der Waals surface area contributed by atoms with E-state index in [-0.39, 0.29) is 0 Å². The standard InChI is InChI=1S/C8H14N4/c1-2-4-6-7(5-3-1)8-9-11-12-10-8/h7H,1-6H2,(H,9,10,11,12). The molecule has 0 amide bonds. The fourth-order valence-electron chi connectivity index (χ4n) is 1.88. The van der Waals surface area contributed by atoms with Gasteiger partial charge in [0.25, 0.3) is 0 Å². The molecule has 4 heteroatoms. The molecule has 0 spiro atoms. The van der Waals surface area contributed by atoms with Crippen LogP contribution in [0.15, 0.2) is 0 Å². The van der Waals surface area contributed by atoms with Crippen molar-refractivity contribution in [2.24, 2.45) is 0 Å². The predicted octanol–water partition coefficient (Wildman–Crippen LogP) is 1.64. The molecule has 2 rings (SSSR count). The second kappa shape index (κ2) is 3.65. The van der Waals surface area contributed by atoms with Crippen LogP contribution in [0.5, 0.6) is 0 Å². The molecule has 1 N–H and O–H groups in total. The van der Waals surface area contributed by atoms with Crippen LogP contribution in [0, 0.1) is 0 Å². The number of aromatic nitrogens is 4. The molecule has 1 aliphatic rings. The summed E-state index contributed by atoms with van der Waals surface area (Å²) in [6, 6.07) is 0. The van der Waals surface area contributed by atoms with Gasteiger partial charge in [0.1, 0.15) is 0 Å². The van der Waals surface area contributed by atoms with E-state index in [9.17, 15) is 0 Å². The number of nitrogens with one attached hydrogen (secondary N) is 1. The van der Waals surface area contributed by atoms with Gasteiger partial charge in [0.05, 0.1) is 0 Å². The maximum absolute atomic E-state index is 4.03. The van der Waals surface area contributed by atoms with Crippen molar-refractivity contribution in [3.05, 3.63) is 5.82 Å². The zero-order valence-electron chi connectivity index (χ0n) is 7.16. The third-order valence-electron chi connectivity index (χ3n) is 2.58. The fourth-order valence-corrected chi connectivity index (χ4v) is 1.88. The van der Waals surface area contributed by atoms with Crippen molar-refractivity contribution < 1.29 is 0 Å². The Labute approximate surface area is 71.8 Å². The van der Waals surface area contributed by atoms with Gasteiger partial charge in [0.2, 0.25) is 0 Å². The van der Waals surface area contributed by atoms with Crippen LogP contribution in [-0.2, 0) is 0 Å². The van der Waals surface area contributed by atoms with E-state index in [0.717, 1.165) is 5.82 Å². The van der Waals surface area contributed by atoms with Gasteiger partial charge < -0.3 is 0 Å². The normalized spacial score (nSPS) is 20.7. The Hall–Kier alpha value is -0.930. The lowest BCUT2D eigenvalue weighted by Crippen LogP contribution is -1.99. The molecule has 1 aliphatic carbocycles. The quantitative estimate of drug-likeness (QED) is 0.645. The van der Waals surface area contributed by atoms with Gasteiger partial charge in [-0.05, 0) is 12.8 Å². The Kier molecular flexibility index (Phi) is 2.34. The SMILES string of the molecule is C1CCCC(c2nn[nH]n2)CC1. The van der Waals surface area contributed by atoms with Crippen LogP contribution in [0.2, 0.25) is 0 Å². The number of nitrogens with zero attached hydrogens (tertiary/aromatic N) is 3. The minimum Gasteiger partial charge on any atom is -0.177 e. The second-order valence-electron chi connectivity index (χ2n) is 3.46. The van der Waals surface area contributed by atoms with Crippen molar-refractivity contribution in [2.75, 3.05) is 0 Å². The van der Waals surface area contributed by atoms with E-state index < -0.39 is 0 Å². The highest BCUT2D eigenvalue weighted by Gasteiger charge is 2.17. The number of aromatic amines is 1. The van der Waals surface area contributed by atoms with Crippen LogP contribution < -0.4 is 0 Å². The lowest BCUT2D eigenvalue weighted by atomic mass is 10.0. The van der Waals surface area contributed by atoms with Gasteiger partial charge in [-0.3, -0.25) is 0 Å². The van der Waals surface area contributed by atoms with E-state index in [1.807, 2.05) is 0 Å². The van der Waals surface area contributed by atoms with Crippen molar-refractivity contribution in [1.29, 1.82) is 0 Å². The Balaban J connectivity index is 2.02. The van der Waals surface area contributed by atoms with Gasteiger partial charge in [0.15, 0.2) is 5.82 Å². The summed E-state index contributed by atoms with van der Waals surface area (Å²) in [5.74, 6) is 1.48. The van der Waals surface area contributed by atoms with Crippen LogP contribution in [0.25, 0.3) is 0 Å². The highest BCUT2D eigenvalue weighted by molar-refractivity contribution is 4.91. The molecular weight excluding hydrogens is 152 g/mol. The smallest absolute Gasteiger partial charge is 0.177 e. The molecule has 0 saturated heterocycles. The third-order valence-corrected chi connectivity index (χ3v) is 2.58. The summed E-state index contributed by atoms with van der Waals surface area (Å²) in [4.78, 5) is 0. The molecule has 1 saturated carbocycles. The molecule has 0 unspecified atom stereocenters. The number of H-pyrrole nitrogens is 1. The first-order valence-electron chi connectivity index (χ1n) is 4.70. The summed E-state index contributed by atoms with van der Waals surface area (Å²) in [7, 11) is 0. The van der Waals surface area contributed by atoms with E-state index in [2.05, 4.69) is 20.6 Å². The minimum absolute atomic E-state index is 0.561. The van der Waals surface area contributed by atoms with Gasteiger partial charge in [-0.2, -0.15) is 5.21 Å². The topological polar surface area (TPSA) is 54.5 Å². The van der Waals surface area contributed by atoms with Crippen molar-refractivity contribution >= 4 is 0 Å². The Morgan fingerprint density at radius 2 is 1.83 bits per heavy atom. The van der Waals surface area contributed by atoms with Crippen molar-refractivity contribution in [3.8, 4) is 0 Å². The van der Waals surface area contributed by atoms with Gasteiger partial charge in [-0.25, -0.2) is 0 Å². The molecule has 4 nitrogen and oxygen atoms in total. The van der Waals surface area contributed by atoms with Crippen LogP contribution in [0.4, 0.5) is 0 Å². The summed E-state index contributed by atoms with van der Waals surface area (Å²) < 4.78 is 0. The van der Waals surface area contributed by atoms with Crippen LogP contribution in [-0.4, -0.2) is 20.6 Å². The summed E-state index contributed by atoms with van der Waals surface area (Å²) in [5, 5.41) is 14.2.